The lowest BCUT2D eigenvalue weighted by molar-refractivity contribution is 0.0957. The highest BCUT2D eigenvalue weighted by Gasteiger charge is 2.10. The van der Waals surface area contributed by atoms with Crippen molar-refractivity contribution in [3.8, 4) is 17.6 Å². The summed E-state index contributed by atoms with van der Waals surface area (Å²) in [5.41, 5.74) is 5.82. The largest absolute Gasteiger partial charge is 0.480 e. The Bertz CT molecular complexity index is 857. The van der Waals surface area contributed by atoms with Crippen LogP contribution >= 0.6 is 23.2 Å². The van der Waals surface area contributed by atoms with E-state index in [2.05, 4.69) is 17.2 Å². The minimum atomic E-state index is -0.575. The zero-order valence-electron chi connectivity index (χ0n) is 13.0. The monoisotopic (exact) mass is 376 g/mol. The molecule has 0 fully saturated rings. The maximum Gasteiger partial charge on any atom is 0.253 e. The fourth-order valence-electron chi connectivity index (χ4n) is 1.91. The summed E-state index contributed by atoms with van der Waals surface area (Å²) in [4.78, 5) is 23.2. The Hall–Kier alpha value is -2.68. The third kappa shape index (κ3) is 5.42. The Labute approximate surface area is 155 Å². The van der Waals surface area contributed by atoms with Crippen LogP contribution in [0.25, 0.3) is 0 Å². The summed E-state index contributed by atoms with van der Waals surface area (Å²) >= 11 is 11.8. The molecule has 2 aromatic rings. The van der Waals surface area contributed by atoms with Gasteiger partial charge in [0.05, 0.1) is 22.7 Å². The van der Waals surface area contributed by atoms with Crippen molar-refractivity contribution in [2.24, 2.45) is 5.73 Å². The molecule has 0 saturated carbocycles. The SMILES string of the molecule is NC(=O)c1ccccc1OCC#CCNC(=O)c1cc(Cl)ccc1Cl. The zero-order chi connectivity index (χ0) is 18.2. The van der Waals surface area contributed by atoms with Crippen LogP contribution in [0.5, 0.6) is 5.75 Å². The van der Waals surface area contributed by atoms with E-state index in [0.29, 0.717) is 15.8 Å². The van der Waals surface area contributed by atoms with Crippen LogP contribution in [0.3, 0.4) is 0 Å². The number of carbonyl (C=O) groups is 2. The number of ether oxygens (including phenoxy) is 1. The molecule has 0 radical (unpaired) electrons. The predicted molar refractivity (Wildman–Crippen MR) is 97.0 cm³/mol. The molecule has 2 rings (SSSR count). The van der Waals surface area contributed by atoms with Crippen LogP contribution in [0.2, 0.25) is 10.0 Å². The van der Waals surface area contributed by atoms with Crippen molar-refractivity contribution in [1.82, 2.24) is 5.32 Å². The average molecular weight is 377 g/mol. The molecule has 0 saturated heterocycles. The van der Waals surface area contributed by atoms with Gasteiger partial charge in [0, 0.05) is 5.02 Å². The molecule has 0 heterocycles. The maximum absolute atomic E-state index is 12.0. The van der Waals surface area contributed by atoms with Gasteiger partial charge < -0.3 is 15.8 Å². The summed E-state index contributed by atoms with van der Waals surface area (Å²) in [6, 6.07) is 11.2. The smallest absolute Gasteiger partial charge is 0.253 e. The fraction of sp³-hybridized carbons (Fsp3) is 0.111. The molecule has 0 spiro atoms. The molecule has 2 amide bonds. The first-order valence-corrected chi connectivity index (χ1v) is 7.95. The van der Waals surface area contributed by atoms with E-state index in [1.807, 2.05) is 0 Å². The van der Waals surface area contributed by atoms with Crippen LogP contribution in [0.15, 0.2) is 42.5 Å². The van der Waals surface area contributed by atoms with E-state index < -0.39 is 5.91 Å². The number of primary amides is 1. The summed E-state index contributed by atoms with van der Waals surface area (Å²) in [6.07, 6.45) is 0. The van der Waals surface area contributed by atoms with Crippen LogP contribution in [0.1, 0.15) is 20.7 Å². The number of halogens is 2. The number of rotatable bonds is 5. The Morgan fingerprint density at radius 3 is 2.60 bits per heavy atom. The minimum absolute atomic E-state index is 0.0537. The van der Waals surface area contributed by atoms with Crippen molar-refractivity contribution >= 4 is 35.0 Å². The first-order valence-electron chi connectivity index (χ1n) is 7.19. The molecular formula is C18H14Cl2N2O3. The molecule has 0 aromatic heterocycles. The number of hydrogen-bond acceptors (Lipinski definition) is 3. The zero-order valence-corrected chi connectivity index (χ0v) is 14.5. The third-order valence-corrected chi connectivity index (χ3v) is 3.65. The maximum atomic E-state index is 12.0. The molecule has 0 aliphatic carbocycles. The molecule has 2 aromatic carbocycles. The molecule has 25 heavy (non-hydrogen) atoms. The third-order valence-electron chi connectivity index (χ3n) is 3.09. The fourth-order valence-corrected chi connectivity index (χ4v) is 2.29. The second-order valence-electron chi connectivity index (χ2n) is 4.81. The summed E-state index contributed by atoms with van der Waals surface area (Å²) in [7, 11) is 0. The number of amides is 2. The summed E-state index contributed by atoms with van der Waals surface area (Å²) < 4.78 is 5.40. The van der Waals surface area contributed by atoms with Gasteiger partial charge in [0.2, 0.25) is 0 Å². The first-order chi connectivity index (χ1) is 12.0. The lowest BCUT2D eigenvalue weighted by Crippen LogP contribution is -2.24. The molecule has 128 valence electrons. The van der Waals surface area contributed by atoms with E-state index in [-0.39, 0.29) is 30.2 Å². The van der Waals surface area contributed by atoms with Crippen LogP contribution in [0.4, 0.5) is 0 Å². The Morgan fingerprint density at radius 1 is 1.08 bits per heavy atom. The van der Waals surface area contributed by atoms with Gasteiger partial charge >= 0.3 is 0 Å². The Balaban J connectivity index is 1.85. The standard InChI is InChI=1S/C18H14Cl2N2O3/c19-12-7-8-15(20)14(11-12)18(24)22-9-3-4-10-25-16-6-2-1-5-13(16)17(21)23/h1-2,5-8,11H,9-10H2,(H2,21,23)(H,22,24). The van der Waals surface area contributed by atoms with Crippen molar-refractivity contribution in [1.29, 1.82) is 0 Å². The second-order valence-corrected chi connectivity index (χ2v) is 5.65. The van der Waals surface area contributed by atoms with E-state index in [0.717, 1.165) is 0 Å². The quantitative estimate of drug-likeness (QED) is 0.787. The summed E-state index contributed by atoms with van der Waals surface area (Å²) in [6.45, 7) is 0.167. The van der Waals surface area contributed by atoms with Crippen molar-refractivity contribution in [2.75, 3.05) is 13.2 Å². The van der Waals surface area contributed by atoms with E-state index in [4.69, 9.17) is 33.7 Å². The number of nitrogens with one attached hydrogen (secondary N) is 1. The lowest BCUT2D eigenvalue weighted by Gasteiger charge is -2.06. The molecule has 3 N–H and O–H groups in total. The molecule has 7 heteroatoms. The molecule has 0 atom stereocenters. The van der Waals surface area contributed by atoms with Crippen LogP contribution < -0.4 is 15.8 Å². The van der Waals surface area contributed by atoms with Gasteiger partial charge in [-0.05, 0) is 30.3 Å². The second kappa shape index (κ2) is 8.97. The number of carbonyl (C=O) groups excluding carboxylic acids is 2. The molecular weight excluding hydrogens is 363 g/mol. The highest BCUT2D eigenvalue weighted by atomic mass is 35.5. The summed E-state index contributed by atoms with van der Waals surface area (Å²) in [5.74, 6) is 4.89. The predicted octanol–water partition coefficient (Wildman–Crippen LogP) is 2.90. The highest BCUT2D eigenvalue weighted by Crippen LogP contribution is 2.20. The van der Waals surface area contributed by atoms with Gasteiger partial charge in [0.15, 0.2) is 0 Å². The van der Waals surface area contributed by atoms with Crippen molar-refractivity contribution in [3.05, 3.63) is 63.6 Å². The van der Waals surface area contributed by atoms with Gasteiger partial charge in [0.1, 0.15) is 12.4 Å². The molecule has 5 nitrogen and oxygen atoms in total. The summed E-state index contributed by atoms with van der Waals surface area (Å²) in [5, 5.41) is 3.34. The first kappa shape index (κ1) is 18.7. The molecule has 0 aliphatic rings. The normalized spacial score (nSPS) is 9.68. The van der Waals surface area contributed by atoms with Gasteiger partial charge in [0.25, 0.3) is 11.8 Å². The van der Waals surface area contributed by atoms with E-state index >= 15 is 0 Å². The van der Waals surface area contributed by atoms with Gasteiger partial charge in [-0.25, -0.2) is 0 Å². The van der Waals surface area contributed by atoms with E-state index in [1.54, 1.807) is 36.4 Å². The number of para-hydroxylation sites is 1. The number of benzene rings is 2. The average Bonchev–Trinajstić information content (AvgIpc) is 2.60. The van der Waals surface area contributed by atoms with E-state index in [9.17, 15) is 9.59 Å². The van der Waals surface area contributed by atoms with Crippen LogP contribution in [-0.4, -0.2) is 25.0 Å². The van der Waals surface area contributed by atoms with Gasteiger partial charge in [-0.2, -0.15) is 0 Å². The molecule has 0 bridgehead atoms. The van der Waals surface area contributed by atoms with Crippen molar-refractivity contribution in [2.45, 2.75) is 0 Å². The van der Waals surface area contributed by atoms with E-state index in [1.165, 1.54) is 6.07 Å². The topological polar surface area (TPSA) is 81.4 Å². The van der Waals surface area contributed by atoms with Crippen molar-refractivity contribution < 1.29 is 14.3 Å². The van der Waals surface area contributed by atoms with Gasteiger partial charge in [-0.15, -0.1) is 0 Å². The van der Waals surface area contributed by atoms with Crippen LogP contribution in [0, 0.1) is 11.8 Å². The minimum Gasteiger partial charge on any atom is -0.480 e. The van der Waals surface area contributed by atoms with Gasteiger partial charge in [-0.1, -0.05) is 47.2 Å². The van der Waals surface area contributed by atoms with Crippen molar-refractivity contribution in [3.63, 3.8) is 0 Å². The molecule has 0 aliphatic heterocycles. The molecule has 0 unspecified atom stereocenters. The van der Waals surface area contributed by atoms with Gasteiger partial charge in [-0.3, -0.25) is 9.59 Å². The Morgan fingerprint density at radius 2 is 1.84 bits per heavy atom. The lowest BCUT2D eigenvalue weighted by atomic mass is 10.2. The van der Waals surface area contributed by atoms with Crippen LogP contribution in [-0.2, 0) is 0 Å². The Kier molecular flexibility index (Phi) is 6.70. The number of nitrogens with two attached hydrogens (primary N) is 1. The highest BCUT2D eigenvalue weighted by molar-refractivity contribution is 6.35. The number of hydrogen-bond donors (Lipinski definition) is 2.